The first-order valence-electron chi connectivity index (χ1n) is 9.84. The number of nitrogens with one attached hydrogen (secondary N) is 1. The summed E-state index contributed by atoms with van der Waals surface area (Å²) in [5.41, 5.74) is 2.82. The first-order chi connectivity index (χ1) is 14.4. The molecule has 1 fully saturated rings. The summed E-state index contributed by atoms with van der Waals surface area (Å²) in [7, 11) is -3.74. The molecule has 2 aromatic carbocycles. The largest absolute Gasteiger partial charge is 0.332 e. The summed E-state index contributed by atoms with van der Waals surface area (Å²) in [6.45, 7) is 2.75. The van der Waals surface area contributed by atoms with E-state index < -0.39 is 10.0 Å². The standard InChI is InChI=1S/C22H23N3O3S2/c1-16-5-7-17(8-6-16)20-4-2-3-14-25(20)21(26)18-9-11-19(12-10-18)30(27,28)24-22-23-13-15-29-22/h5-13,15,20H,2-4,14H2,1H3,(H,23,24). The Balaban J connectivity index is 1.54. The Morgan fingerprint density at radius 2 is 1.83 bits per heavy atom. The number of sulfonamides is 1. The van der Waals surface area contributed by atoms with E-state index in [1.807, 2.05) is 11.8 Å². The fourth-order valence-corrected chi connectivity index (χ4v) is 5.49. The van der Waals surface area contributed by atoms with Crippen molar-refractivity contribution in [3.8, 4) is 0 Å². The van der Waals surface area contributed by atoms with Crippen LogP contribution in [0.2, 0.25) is 0 Å². The van der Waals surface area contributed by atoms with E-state index in [1.54, 1.807) is 17.5 Å². The monoisotopic (exact) mass is 441 g/mol. The van der Waals surface area contributed by atoms with Crippen LogP contribution in [0.3, 0.4) is 0 Å². The van der Waals surface area contributed by atoms with Crippen LogP contribution in [0.4, 0.5) is 5.13 Å². The average Bonchev–Trinajstić information content (AvgIpc) is 3.26. The minimum absolute atomic E-state index is 0.0434. The van der Waals surface area contributed by atoms with E-state index in [0.29, 0.717) is 17.2 Å². The zero-order valence-electron chi connectivity index (χ0n) is 16.6. The van der Waals surface area contributed by atoms with Crippen LogP contribution < -0.4 is 4.72 Å². The molecule has 156 valence electrons. The van der Waals surface area contributed by atoms with Crippen molar-refractivity contribution in [3.05, 3.63) is 76.8 Å². The molecule has 0 bridgehead atoms. The Hall–Kier alpha value is -2.71. The summed E-state index contributed by atoms with van der Waals surface area (Å²) >= 11 is 1.21. The first-order valence-corrected chi connectivity index (χ1v) is 12.2. The van der Waals surface area contributed by atoms with E-state index in [1.165, 1.54) is 35.2 Å². The van der Waals surface area contributed by atoms with Gasteiger partial charge in [0.1, 0.15) is 0 Å². The number of anilines is 1. The van der Waals surface area contributed by atoms with Gasteiger partial charge in [-0.3, -0.25) is 9.52 Å². The maximum atomic E-state index is 13.2. The van der Waals surface area contributed by atoms with Crippen molar-refractivity contribution < 1.29 is 13.2 Å². The second-order valence-electron chi connectivity index (χ2n) is 7.39. The molecule has 8 heteroatoms. The molecule has 1 aliphatic rings. The Labute approximate surface area is 180 Å². The van der Waals surface area contributed by atoms with Gasteiger partial charge in [-0.25, -0.2) is 13.4 Å². The fourth-order valence-electron chi connectivity index (χ4n) is 3.70. The number of hydrogen-bond donors (Lipinski definition) is 1. The third-order valence-electron chi connectivity index (χ3n) is 5.29. The minimum Gasteiger partial charge on any atom is -0.332 e. The lowest BCUT2D eigenvalue weighted by atomic mass is 9.94. The molecule has 4 rings (SSSR count). The molecule has 0 aliphatic carbocycles. The van der Waals surface area contributed by atoms with E-state index >= 15 is 0 Å². The second-order valence-corrected chi connectivity index (χ2v) is 9.96. The summed E-state index contributed by atoms with van der Waals surface area (Å²) in [6, 6.07) is 14.5. The van der Waals surface area contributed by atoms with Gasteiger partial charge in [0, 0.05) is 23.7 Å². The SMILES string of the molecule is Cc1ccc(C2CCCCN2C(=O)c2ccc(S(=O)(=O)Nc3nccs3)cc2)cc1. The predicted molar refractivity (Wildman–Crippen MR) is 118 cm³/mol. The number of aryl methyl sites for hydroxylation is 1. The molecule has 1 amide bonds. The number of hydrogen-bond acceptors (Lipinski definition) is 5. The molecule has 1 aliphatic heterocycles. The molecule has 30 heavy (non-hydrogen) atoms. The van der Waals surface area contributed by atoms with Crippen LogP contribution in [0.5, 0.6) is 0 Å². The Bertz CT molecular complexity index is 1110. The Kier molecular flexibility index (Phi) is 5.87. The number of thiazole rings is 1. The highest BCUT2D eigenvalue weighted by Crippen LogP contribution is 2.32. The second kappa shape index (κ2) is 8.57. The van der Waals surface area contributed by atoms with Crippen molar-refractivity contribution in [2.75, 3.05) is 11.3 Å². The highest BCUT2D eigenvalue weighted by atomic mass is 32.2. The summed E-state index contributed by atoms with van der Waals surface area (Å²) in [6.07, 6.45) is 4.52. The molecule has 1 N–H and O–H groups in total. The van der Waals surface area contributed by atoms with Gasteiger partial charge in [-0.1, -0.05) is 29.8 Å². The van der Waals surface area contributed by atoms with E-state index in [2.05, 4.69) is 34.0 Å². The highest BCUT2D eigenvalue weighted by molar-refractivity contribution is 7.93. The summed E-state index contributed by atoms with van der Waals surface area (Å²) in [4.78, 5) is 19.2. The van der Waals surface area contributed by atoms with Gasteiger partial charge in [-0.15, -0.1) is 11.3 Å². The van der Waals surface area contributed by atoms with Gasteiger partial charge in [0.15, 0.2) is 5.13 Å². The first kappa shape index (κ1) is 20.6. The average molecular weight is 442 g/mol. The van der Waals surface area contributed by atoms with Crippen LogP contribution in [0.15, 0.2) is 65.0 Å². The Morgan fingerprint density at radius 1 is 1.10 bits per heavy atom. The van der Waals surface area contributed by atoms with Crippen molar-refractivity contribution in [1.29, 1.82) is 0 Å². The third-order valence-corrected chi connectivity index (χ3v) is 7.46. The molecule has 1 saturated heterocycles. The molecule has 1 aromatic heterocycles. The molecule has 6 nitrogen and oxygen atoms in total. The van der Waals surface area contributed by atoms with Gasteiger partial charge in [0.25, 0.3) is 15.9 Å². The topological polar surface area (TPSA) is 79.4 Å². The maximum Gasteiger partial charge on any atom is 0.263 e. The number of amides is 1. The van der Waals surface area contributed by atoms with E-state index in [9.17, 15) is 13.2 Å². The predicted octanol–water partition coefficient (Wildman–Crippen LogP) is 4.62. The number of aromatic nitrogens is 1. The van der Waals surface area contributed by atoms with Gasteiger partial charge < -0.3 is 4.90 Å². The normalized spacial score (nSPS) is 17.0. The van der Waals surface area contributed by atoms with Gasteiger partial charge in [0.05, 0.1) is 10.9 Å². The molecule has 1 atom stereocenters. The van der Waals surface area contributed by atoms with E-state index in [-0.39, 0.29) is 16.8 Å². The number of likely N-dealkylation sites (tertiary alicyclic amines) is 1. The minimum atomic E-state index is -3.74. The van der Waals surface area contributed by atoms with Crippen molar-refractivity contribution in [2.24, 2.45) is 0 Å². The molecule has 2 heterocycles. The molecule has 0 saturated carbocycles. The maximum absolute atomic E-state index is 13.2. The van der Waals surface area contributed by atoms with Gasteiger partial charge in [-0.2, -0.15) is 0 Å². The van der Waals surface area contributed by atoms with Crippen LogP contribution in [-0.2, 0) is 10.0 Å². The van der Waals surface area contributed by atoms with Crippen molar-refractivity contribution in [1.82, 2.24) is 9.88 Å². The summed E-state index contributed by atoms with van der Waals surface area (Å²) in [5, 5.41) is 2.01. The lowest BCUT2D eigenvalue weighted by molar-refractivity contribution is 0.0611. The van der Waals surface area contributed by atoms with Crippen molar-refractivity contribution in [3.63, 3.8) is 0 Å². The lowest BCUT2D eigenvalue weighted by Gasteiger charge is -2.36. The molecular formula is C22H23N3O3S2. The van der Waals surface area contributed by atoms with Gasteiger partial charge in [0.2, 0.25) is 0 Å². The molecule has 0 spiro atoms. The summed E-state index contributed by atoms with van der Waals surface area (Å²) in [5.74, 6) is -0.0721. The quantitative estimate of drug-likeness (QED) is 0.627. The van der Waals surface area contributed by atoms with Gasteiger partial charge >= 0.3 is 0 Å². The zero-order valence-corrected chi connectivity index (χ0v) is 18.2. The van der Waals surface area contributed by atoms with Crippen LogP contribution in [-0.4, -0.2) is 30.8 Å². The summed E-state index contributed by atoms with van der Waals surface area (Å²) < 4.78 is 27.5. The number of benzene rings is 2. The number of nitrogens with zero attached hydrogens (tertiary/aromatic N) is 2. The van der Waals surface area contributed by atoms with E-state index in [4.69, 9.17) is 0 Å². The number of carbonyl (C=O) groups is 1. The van der Waals surface area contributed by atoms with Crippen LogP contribution in [0.25, 0.3) is 0 Å². The molecular weight excluding hydrogens is 418 g/mol. The molecule has 3 aromatic rings. The fraction of sp³-hybridized carbons (Fsp3) is 0.273. The van der Waals surface area contributed by atoms with Crippen LogP contribution in [0.1, 0.15) is 46.8 Å². The molecule has 0 radical (unpaired) electrons. The van der Waals surface area contributed by atoms with Crippen molar-refractivity contribution in [2.45, 2.75) is 37.1 Å². The number of carbonyl (C=O) groups excluding carboxylic acids is 1. The van der Waals surface area contributed by atoms with Gasteiger partial charge in [-0.05, 0) is 56.0 Å². The number of rotatable bonds is 5. The Morgan fingerprint density at radius 3 is 2.50 bits per heavy atom. The van der Waals surface area contributed by atoms with Crippen LogP contribution in [0, 0.1) is 6.92 Å². The van der Waals surface area contributed by atoms with Crippen LogP contribution >= 0.6 is 11.3 Å². The zero-order chi connectivity index (χ0) is 21.1. The third kappa shape index (κ3) is 4.39. The highest BCUT2D eigenvalue weighted by Gasteiger charge is 2.29. The van der Waals surface area contributed by atoms with E-state index in [0.717, 1.165) is 24.8 Å². The molecule has 1 unspecified atom stereocenters. The van der Waals surface area contributed by atoms with Crippen molar-refractivity contribution >= 4 is 32.4 Å². The lowest BCUT2D eigenvalue weighted by Crippen LogP contribution is -2.38. The smallest absolute Gasteiger partial charge is 0.263 e. The number of piperidine rings is 1.